The van der Waals surface area contributed by atoms with E-state index in [1.807, 2.05) is 0 Å². The lowest BCUT2D eigenvalue weighted by Crippen LogP contribution is -2.09. The normalized spacial score (nSPS) is 11.9. The lowest BCUT2D eigenvalue weighted by molar-refractivity contribution is -0.128. The first-order valence-electron chi connectivity index (χ1n) is 8.11. The fourth-order valence-electron chi connectivity index (χ4n) is 2.46. The van der Waals surface area contributed by atoms with E-state index in [0.717, 1.165) is 0 Å². The maximum absolute atomic E-state index is 12.1. The zero-order chi connectivity index (χ0) is 20.1. The molecule has 1 aliphatic rings. The van der Waals surface area contributed by atoms with Gasteiger partial charge in [0.15, 0.2) is 11.5 Å². The minimum atomic E-state index is -0.699. The number of hydrogen-bond acceptors (Lipinski definition) is 8. The largest absolute Gasteiger partial charge is 0.465 e. The molecule has 0 fully saturated rings. The van der Waals surface area contributed by atoms with E-state index in [2.05, 4.69) is 9.47 Å². The van der Waals surface area contributed by atoms with Crippen LogP contribution in [-0.2, 0) is 14.3 Å². The molecule has 28 heavy (non-hydrogen) atoms. The number of carbonyl (C=O) groups excluding carboxylic acids is 3. The van der Waals surface area contributed by atoms with Crippen LogP contribution in [0.5, 0.6) is 17.2 Å². The summed E-state index contributed by atoms with van der Waals surface area (Å²) in [6.07, 6.45) is 2.75. The Morgan fingerprint density at radius 3 is 2.18 bits per heavy atom. The Balaban J connectivity index is 1.77. The van der Waals surface area contributed by atoms with Crippen LogP contribution in [-0.4, -0.2) is 38.9 Å². The molecule has 144 valence electrons. The second kappa shape index (κ2) is 8.26. The van der Waals surface area contributed by atoms with Crippen molar-refractivity contribution >= 4 is 24.0 Å². The summed E-state index contributed by atoms with van der Waals surface area (Å²) >= 11 is 0. The molecule has 2 aromatic carbocycles. The van der Waals surface area contributed by atoms with Crippen molar-refractivity contribution in [3.63, 3.8) is 0 Å². The molecule has 3 rings (SSSR count). The van der Waals surface area contributed by atoms with Gasteiger partial charge in [0.2, 0.25) is 6.79 Å². The molecule has 2 aromatic rings. The standard InChI is InChI=1S/C20H16O8/c1-24-19(22)13-8-14(20(23)25-2)10-15(9-13)28-18(21)6-4-12-3-5-16-17(7-12)27-11-26-16/h3-10H,11H2,1-2H3/b6-4+. The van der Waals surface area contributed by atoms with Crippen molar-refractivity contribution in [1.29, 1.82) is 0 Å². The summed E-state index contributed by atoms with van der Waals surface area (Å²) in [6.45, 7) is 0.156. The van der Waals surface area contributed by atoms with Gasteiger partial charge in [-0.2, -0.15) is 0 Å². The topological polar surface area (TPSA) is 97.4 Å². The Hall–Kier alpha value is -3.81. The highest BCUT2D eigenvalue weighted by Gasteiger charge is 2.16. The molecule has 0 N–H and O–H groups in total. The molecule has 0 atom stereocenters. The fourth-order valence-corrected chi connectivity index (χ4v) is 2.46. The SMILES string of the molecule is COC(=O)c1cc(OC(=O)/C=C/c2ccc3c(c2)OCO3)cc(C(=O)OC)c1. The van der Waals surface area contributed by atoms with E-state index < -0.39 is 17.9 Å². The number of fused-ring (bicyclic) bond motifs is 1. The van der Waals surface area contributed by atoms with Crippen molar-refractivity contribution < 1.29 is 38.1 Å². The Labute approximate surface area is 160 Å². The number of ether oxygens (including phenoxy) is 5. The van der Waals surface area contributed by atoms with Gasteiger partial charge < -0.3 is 23.7 Å². The van der Waals surface area contributed by atoms with Gasteiger partial charge in [0.05, 0.1) is 25.3 Å². The molecule has 1 heterocycles. The van der Waals surface area contributed by atoms with Crippen molar-refractivity contribution in [2.24, 2.45) is 0 Å². The van der Waals surface area contributed by atoms with Crippen LogP contribution in [0.3, 0.4) is 0 Å². The van der Waals surface area contributed by atoms with Crippen molar-refractivity contribution in [3.8, 4) is 17.2 Å². The highest BCUT2D eigenvalue weighted by Crippen LogP contribution is 2.32. The second-order valence-corrected chi connectivity index (χ2v) is 5.60. The van der Waals surface area contributed by atoms with Gasteiger partial charge in [0, 0.05) is 6.08 Å². The minimum absolute atomic E-state index is 0.00337. The first kappa shape index (κ1) is 19.0. The van der Waals surface area contributed by atoms with E-state index in [1.165, 1.54) is 44.6 Å². The average Bonchev–Trinajstić information content (AvgIpc) is 3.18. The third-order valence-corrected chi connectivity index (χ3v) is 3.78. The summed E-state index contributed by atoms with van der Waals surface area (Å²) in [7, 11) is 2.40. The maximum Gasteiger partial charge on any atom is 0.338 e. The van der Waals surface area contributed by atoms with Crippen molar-refractivity contribution in [2.45, 2.75) is 0 Å². The number of carbonyl (C=O) groups is 3. The van der Waals surface area contributed by atoms with E-state index in [1.54, 1.807) is 18.2 Å². The number of methoxy groups -OCH3 is 2. The Bertz CT molecular complexity index is 926. The highest BCUT2D eigenvalue weighted by atomic mass is 16.7. The van der Waals surface area contributed by atoms with E-state index in [9.17, 15) is 14.4 Å². The molecule has 0 spiro atoms. The molecule has 1 aliphatic heterocycles. The average molecular weight is 384 g/mol. The Kier molecular flexibility index (Phi) is 5.59. The lowest BCUT2D eigenvalue weighted by Gasteiger charge is -2.07. The van der Waals surface area contributed by atoms with Gasteiger partial charge in [-0.25, -0.2) is 14.4 Å². The fraction of sp³-hybridized carbons (Fsp3) is 0.150. The van der Waals surface area contributed by atoms with Gasteiger partial charge >= 0.3 is 17.9 Å². The predicted octanol–water partition coefficient (Wildman–Crippen LogP) is 2.61. The van der Waals surface area contributed by atoms with Crippen LogP contribution in [0, 0.1) is 0 Å². The van der Waals surface area contributed by atoms with E-state index in [0.29, 0.717) is 17.1 Å². The van der Waals surface area contributed by atoms with Crippen LogP contribution in [0.4, 0.5) is 0 Å². The van der Waals surface area contributed by atoms with Gasteiger partial charge in [-0.15, -0.1) is 0 Å². The highest BCUT2D eigenvalue weighted by molar-refractivity contribution is 5.96. The molecular formula is C20H16O8. The van der Waals surface area contributed by atoms with Crippen molar-refractivity contribution in [3.05, 3.63) is 59.2 Å². The zero-order valence-electron chi connectivity index (χ0n) is 15.1. The van der Waals surface area contributed by atoms with Crippen molar-refractivity contribution in [2.75, 3.05) is 21.0 Å². The predicted molar refractivity (Wildman–Crippen MR) is 96.4 cm³/mol. The van der Waals surface area contributed by atoms with E-state index >= 15 is 0 Å². The van der Waals surface area contributed by atoms with Crippen LogP contribution >= 0.6 is 0 Å². The second-order valence-electron chi connectivity index (χ2n) is 5.60. The monoisotopic (exact) mass is 384 g/mol. The maximum atomic E-state index is 12.1. The van der Waals surface area contributed by atoms with Crippen LogP contribution in [0.1, 0.15) is 26.3 Å². The summed E-state index contributed by atoms with van der Waals surface area (Å²) in [5.74, 6) is -0.837. The summed E-state index contributed by atoms with van der Waals surface area (Å²) < 4.78 is 25.0. The summed E-state index contributed by atoms with van der Waals surface area (Å²) in [4.78, 5) is 35.7. The summed E-state index contributed by atoms with van der Waals surface area (Å²) in [6, 6.07) is 9.09. The summed E-state index contributed by atoms with van der Waals surface area (Å²) in [5, 5.41) is 0. The Morgan fingerprint density at radius 1 is 0.893 bits per heavy atom. The van der Waals surface area contributed by atoms with E-state index in [-0.39, 0.29) is 23.7 Å². The Morgan fingerprint density at radius 2 is 1.54 bits per heavy atom. The molecular weight excluding hydrogens is 368 g/mol. The van der Waals surface area contributed by atoms with Crippen molar-refractivity contribution in [1.82, 2.24) is 0 Å². The molecule has 0 aromatic heterocycles. The molecule has 8 nitrogen and oxygen atoms in total. The first-order valence-corrected chi connectivity index (χ1v) is 8.11. The molecule has 8 heteroatoms. The molecule has 0 saturated heterocycles. The van der Waals surface area contributed by atoms with Gasteiger partial charge in [0.25, 0.3) is 0 Å². The van der Waals surface area contributed by atoms with Gasteiger partial charge in [0.1, 0.15) is 5.75 Å². The quantitative estimate of drug-likeness (QED) is 0.441. The first-order chi connectivity index (χ1) is 13.5. The zero-order valence-corrected chi connectivity index (χ0v) is 15.1. The van der Waals surface area contributed by atoms with Crippen LogP contribution in [0.15, 0.2) is 42.5 Å². The molecule has 0 saturated carbocycles. The third-order valence-electron chi connectivity index (χ3n) is 3.78. The molecule has 0 aliphatic carbocycles. The van der Waals surface area contributed by atoms with Gasteiger partial charge in [-0.05, 0) is 42.0 Å². The van der Waals surface area contributed by atoms with E-state index in [4.69, 9.17) is 14.2 Å². The molecule has 0 amide bonds. The van der Waals surface area contributed by atoms with Gasteiger partial charge in [-0.3, -0.25) is 0 Å². The number of rotatable bonds is 5. The molecule has 0 unspecified atom stereocenters. The number of esters is 3. The summed E-state index contributed by atoms with van der Waals surface area (Å²) in [5.41, 5.74) is 0.806. The molecule has 0 radical (unpaired) electrons. The molecule has 0 bridgehead atoms. The third kappa shape index (κ3) is 4.29. The minimum Gasteiger partial charge on any atom is -0.465 e. The lowest BCUT2D eigenvalue weighted by atomic mass is 10.1. The number of hydrogen-bond donors (Lipinski definition) is 0. The smallest absolute Gasteiger partial charge is 0.338 e. The van der Waals surface area contributed by atoms with Crippen LogP contribution < -0.4 is 14.2 Å². The van der Waals surface area contributed by atoms with Crippen LogP contribution in [0.25, 0.3) is 6.08 Å². The number of benzene rings is 2. The van der Waals surface area contributed by atoms with Crippen LogP contribution in [0.2, 0.25) is 0 Å². The van der Waals surface area contributed by atoms with Gasteiger partial charge in [-0.1, -0.05) is 6.07 Å².